The van der Waals surface area contributed by atoms with Crippen LogP contribution in [0.5, 0.6) is 0 Å². The second-order valence-corrected chi connectivity index (χ2v) is 12.9. The second kappa shape index (κ2) is 14.4. The third-order valence-corrected chi connectivity index (χ3v) is 9.96. The Hall–Kier alpha value is -2.71. The number of ether oxygens (including phenoxy) is 1. The van der Waals surface area contributed by atoms with E-state index in [0.717, 1.165) is 84.9 Å². The third-order valence-electron chi connectivity index (χ3n) is 9.96. The van der Waals surface area contributed by atoms with Crippen molar-refractivity contribution in [1.29, 1.82) is 0 Å². The molecule has 0 spiro atoms. The summed E-state index contributed by atoms with van der Waals surface area (Å²) in [6, 6.07) is 15.8. The molecule has 2 N–H and O–H groups in total. The molecule has 1 radical (unpaired) electrons. The van der Waals surface area contributed by atoms with Crippen molar-refractivity contribution in [2.24, 2.45) is 0 Å². The Morgan fingerprint density at radius 3 is 2.43 bits per heavy atom. The average Bonchev–Trinajstić information content (AvgIpc) is 3.72. The number of aliphatic hydroxyl groups is 1. The summed E-state index contributed by atoms with van der Waals surface area (Å²) in [6.45, 7) is 4.09. The zero-order valence-corrected chi connectivity index (χ0v) is 30.4. The van der Waals surface area contributed by atoms with Crippen molar-refractivity contribution in [2.45, 2.75) is 102 Å². The molecule has 1 atom stereocenters. The van der Waals surface area contributed by atoms with Crippen LogP contribution in [0.3, 0.4) is 0 Å². The van der Waals surface area contributed by atoms with Gasteiger partial charge in [-0.05, 0) is 75.0 Å². The second-order valence-electron chi connectivity index (χ2n) is 12.9. The van der Waals surface area contributed by atoms with Gasteiger partial charge in [-0.2, -0.15) is 10.1 Å². The molecule has 0 amide bonds. The van der Waals surface area contributed by atoms with Crippen molar-refractivity contribution in [1.82, 2.24) is 29.3 Å². The molecule has 2 aliphatic carbocycles. The van der Waals surface area contributed by atoms with Crippen LogP contribution in [0.25, 0.3) is 28.3 Å². The normalized spacial score (nSPS) is 19.6. The van der Waals surface area contributed by atoms with Crippen LogP contribution in [-0.4, -0.2) is 104 Å². The summed E-state index contributed by atoms with van der Waals surface area (Å²) in [5.41, 5.74) is 4.59. The van der Waals surface area contributed by atoms with Crippen LogP contribution in [0.1, 0.15) is 88.1 Å². The Bertz CT molecular complexity index is 1950. The van der Waals surface area contributed by atoms with E-state index in [-0.39, 0.29) is 75.2 Å². The monoisotopic (exact) mass is 663 g/mol. The van der Waals surface area contributed by atoms with Gasteiger partial charge in [-0.3, -0.25) is 18.9 Å². The number of nitrogens with zero attached hydrogens (tertiary/aromatic N) is 5. The fourth-order valence-electron chi connectivity index (χ4n) is 7.17. The van der Waals surface area contributed by atoms with Crippen LogP contribution < -0.4 is 11.3 Å². The maximum Gasteiger partial charge on any atom is 0.439 e. The van der Waals surface area contributed by atoms with Crippen molar-refractivity contribution in [3.63, 3.8) is 0 Å². The minimum absolute atomic E-state index is 0. The van der Waals surface area contributed by atoms with Gasteiger partial charge in [0, 0.05) is 75.0 Å². The fraction of sp³-hybridized carbons (Fsp3) is 0.457. The quantitative estimate of drug-likeness (QED) is 0.202. The summed E-state index contributed by atoms with van der Waals surface area (Å²) in [7, 11) is 0. The molecule has 5 aromatic rings. The van der Waals surface area contributed by atoms with Gasteiger partial charge in [-0.15, -0.1) is 0 Å². The molecular weight excluding hydrogens is 624 g/mol. The van der Waals surface area contributed by atoms with Crippen molar-refractivity contribution in [2.75, 3.05) is 0 Å². The Morgan fingerprint density at radius 2 is 1.79 bits per heavy atom. The number of aromatic nitrogens is 6. The molecule has 2 aliphatic rings. The molecule has 3 heterocycles. The summed E-state index contributed by atoms with van der Waals surface area (Å²) < 4.78 is 14.8. The maximum absolute atomic E-state index is 14.4. The van der Waals surface area contributed by atoms with Crippen LogP contribution in [0.2, 0.25) is 0 Å². The van der Waals surface area contributed by atoms with E-state index < -0.39 is 11.4 Å². The first-order chi connectivity index (χ1) is 22.3. The molecule has 12 heteroatoms. The van der Waals surface area contributed by atoms with E-state index in [9.17, 15) is 14.7 Å². The number of nitrogens with one attached hydrogen (secondary N) is 1. The van der Waals surface area contributed by atoms with E-state index in [0.29, 0.717) is 24.4 Å². The molecule has 11 nitrogen and oxygen atoms in total. The van der Waals surface area contributed by atoms with Crippen LogP contribution >= 0.6 is 0 Å². The van der Waals surface area contributed by atoms with Gasteiger partial charge in [-0.1, -0.05) is 67.0 Å². The molecule has 3 aromatic heterocycles. The van der Waals surface area contributed by atoms with E-state index in [1.165, 1.54) is 6.33 Å². The van der Waals surface area contributed by atoms with E-state index in [1.54, 1.807) is 0 Å². The van der Waals surface area contributed by atoms with Crippen molar-refractivity contribution in [3.05, 3.63) is 92.6 Å². The summed E-state index contributed by atoms with van der Waals surface area (Å²) in [6.07, 6.45) is 9.41. The van der Waals surface area contributed by atoms with Crippen molar-refractivity contribution >= 4 is 57.2 Å². The van der Waals surface area contributed by atoms with E-state index in [4.69, 9.17) is 9.26 Å². The van der Waals surface area contributed by atoms with Gasteiger partial charge in [0.2, 0.25) is 5.78 Å². The average molecular weight is 664 g/mol. The summed E-state index contributed by atoms with van der Waals surface area (Å²) in [4.78, 5) is 33.2. The molecule has 0 aliphatic heterocycles. The number of H-pyrrole nitrogens is 1. The number of fused-ring (bicyclic) bond motifs is 1. The number of aromatic amines is 1. The number of benzene rings is 2. The standard InChI is InChI=1S/C35H40N6O5.K/c1-3-7-30-29(20-23-10-12-24(13-11-23)27-8-4-5-9-28(27)31-38-34(43)46-39-31)32(42)40(33-36-21-37-41(30)33)25-14-16-26(17-15-25)45-22(2)35(44)18-6-19-35;/h4-5,8-13,21-22,25-26,44H,3,6-7,14-20H2,1-2H3,(H,38,39,43);. The molecule has 47 heavy (non-hydrogen) atoms. The predicted molar refractivity (Wildman–Crippen MR) is 178 cm³/mol. The molecular formula is C35H40KN6O5. The van der Waals surface area contributed by atoms with Gasteiger partial charge in [0.25, 0.3) is 5.56 Å². The SMILES string of the molecule is CCCc1c(Cc2ccc(-c3ccccc3-c3noc(=O)[nH]3)cc2)c(=O)n(C2CCC(OC(C)C3(O)CCC3)CC2)c2ncnn12.[K]. The van der Waals surface area contributed by atoms with Crippen LogP contribution in [0.4, 0.5) is 0 Å². The largest absolute Gasteiger partial charge is 0.439 e. The minimum Gasteiger partial charge on any atom is -0.387 e. The van der Waals surface area contributed by atoms with E-state index >= 15 is 0 Å². The van der Waals surface area contributed by atoms with Gasteiger partial charge in [0.15, 0.2) is 5.82 Å². The minimum atomic E-state index is -0.690. The smallest absolute Gasteiger partial charge is 0.387 e. The Morgan fingerprint density at radius 1 is 1.06 bits per heavy atom. The Labute approximate surface area is 315 Å². The first-order valence-electron chi connectivity index (χ1n) is 16.4. The van der Waals surface area contributed by atoms with Crippen LogP contribution in [-0.2, 0) is 17.6 Å². The Kier molecular flexibility index (Phi) is 10.5. The molecule has 7 rings (SSSR count). The summed E-state index contributed by atoms with van der Waals surface area (Å²) >= 11 is 0. The number of rotatable bonds is 10. The van der Waals surface area contributed by atoms with Gasteiger partial charge in [0.05, 0.1) is 23.5 Å². The predicted octanol–water partition coefficient (Wildman–Crippen LogP) is 4.87. The van der Waals surface area contributed by atoms with Crippen molar-refractivity contribution in [3.8, 4) is 22.5 Å². The van der Waals surface area contributed by atoms with Gasteiger partial charge >= 0.3 is 5.76 Å². The molecule has 241 valence electrons. The molecule has 0 saturated heterocycles. The molecule has 1 unspecified atom stereocenters. The van der Waals surface area contributed by atoms with Gasteiger partial charge in [0.1, 0.15) is 6.33 Å². The molecule has 2 fully saturated rings. The fourth-order valence-corrected chi connectivity index (χ4v) is 7.17. The molecule has 2 aromatic carbocycles. The van der Waals surface area contributed by atoms with Crippen LogP contribution in [0.15, 0.2) is 69.0 Å². The zero-order valence-electron chi connectivity index (χ0n) is 27.3. The number of hydrogen-bond acceptors (Lipinski definition) is 8. The maximum atomic E-state index is 14.4. The van der Waals surface area contributed by atoms with Crippen molar-refractivity contribution < 1.29 is 14.4 Å². The molecule has 0 bridgehead atoms. The van der Waals surface area contributed by atoms with Gasteiger partial charge < -0.3 is 9.84 Å². The van der Waals surface area contributed by atoms with E-state index in [2.05, 4.69) is 27.1 Å². The van der Waals surface area contributed by atoms with E-state index in [1.807, 2.05) is 64.5 Å². The first-order valence-corrected chi connectivity index (χ1v) is 16.4. The van der Waals surface area contributed by atoms with Crippen LogP contribution in [0, 0.1) is 0 Å². The number of hydrogen-bond donors (Lipinski definition) is 2. The first kappa shape index (κ1) is 34.2. The summed E-state index contributed by atoms with van der Waals surface area (Å²) in [5, 5.41) is 19.2. The topological polar surface area (TPSA) is 141 Å². The Balaban J connectivity index is 0.00000386. The molecule has 2 saturated carbocycles. The van der Waals surface area contributed by atoms with Gasteiger partial charge in [-0.25, -0.2) is 9.31 Å². The zero-order chi connectivity index (χ0) is 31.8. The summed E-state index contributed by atoms with van der Waals surface area (Å²) in [5.74, 6) is 0.371. The third kappa shape index (κ3) is 6.78. The number of aryl methyl sites for hydroxylation is 1.